The van der Waals surface area contributed by atoms with E-state index in [1.807, 2.05) is 25.1 Å². The molecular formula is C26H38O4. The van der Waals surface area contributed by atoms with Crippen LogP contribution in [0.4, 0.5) is 0 Å². The molecule has 0 heterocycles. The maximum absolute atomic E-state index is 12.6. The highest BCUT2D eigenvalue weighted by Crippen LogP contribution is 2.51. The van der Waals surface area contributed by atoms with Gasteiger partial charge < -0.3 is 20.4 Å². The molecule has 0 fully saturated rings. The first-order valence-electron chi connectivity index (χ1n) is 10.5. The second-order valence-corrected chi connectivity index (χ2v) is 10.6. The van der Waals surface area contributed by atoms with Gasteiger partial charge >= 0.3 is 0 Å². The summed E-state index contributed by atoms with van der Waals surface area (Å²) in [4.78, 5) is 0. The van der Waals surface area contributed by atoms with Crippen molar-refractivity contribution in [1.82, 2.24) is 0 Å². The predicted octanol–water partition coefficient (Wildman–Crippen LogP) is 3.79. The minimum absolute atomic E-state index is 0.323. The molecule has 0 amide bonds. The average molecular weight is 415 g/mol. The Kier molecular flexibility index (Phi) is 6.90. The van der Waals surface area contributed by atoms with Crippen molar-refractivity contribution >= 4 is 0 Å². The summed E-state index contributed by atoms with van der Waals surface area (Å²) in [6.45, 7) is 12.8. The lowest BCUT2D eigenvalue weighted by Gasteiger charge is -2.49. The van der Waals surface area contributed by atoms with Gasteiger partial charge in [0, 0.05) is 0 Å². The molecule has 4 N–H and O–H groups in total. The average Bonchev–Trinajstić information content (AvgIpc) is 2.68. The van der Waals surface area contributed by atoms with Gasteiger partial charge in [-0.1, -0.05) is 89.6 Å². The first-order valence-corrected chi connectivity index (χ1v) is 10.5. The number of rotatable bonds is 6. The van der Waals surface area contributed by atoms with E-state index in [-0.39, 0.29) is 10.8 Å². The van der Waals surface area contributed by atoms with Crippen molar-refractivity contribution in [3.05, 3.63) is 70.3 Å². The lowest BCUT2D eigenvalue weighted by molar-refractivity contribution is -0.137. The molecule has 4 heteroatoms. The molecule has 0 aliphatic rings. The Balaban J connectivity index is 3.17. The van der Waals surface area contributed by atoms with Crippen molar-refractivity contribution in [2.75, 3.05) is 19.8 Å². The summed E-state index contributed by atoms with van der Waals surface area (Å²) in [7, 11) is 0. The van der Waals surface area contributed by atoms with Gasteiger partial charge in [-0.3, -0.25) is 0 Å². The molecule has 1 unspecified atom stereocenters. The summed E-state index contributed by atoms with van der Waals surface area (Å²) in [5, 5.41) is 43.8. The fraction of sp³-hybridized carbons (Fsp3) is 0.538. The van der Waals surface area contributed by atoms with Crippen molar-refractivity contribution in [2.45, 2.75) is 64.9 Å². The smallest absolute Gasteiger partial charge is 0.127 e. The largest absolute Gasteiger partial charge is 0.395 e. The Hall–Kier alpha value is -1.72. The van der Waals surface area contributed by atoms with E-state index >= 15 is 0 Å². The van der Waals surface area contributed by atoms with Crippen LogP contribution in [-0.4, -0.2) is 40.2 Å². The van der Waals surface area contributed by atoms with Gasteiger partial charge in [0.05, 0.1) is 25.2 Å². The van der Waals surface area contributed by atoms with Gasteiger partial charge in [0.1, 0.15) is 5.60 Å². The van der Waals surface area contributed by atoms with Crippen LogP contribution in [0.2, 0.25) is 0 Å². The Morgan fingerprint density at radius 2 is 1.10 bits per heavy atom. The van der Waals surface area contributed by atoms with Crippen molar-refractivity contribution in [2.24, 2.45) is 5.41 Å². The number of aryl methyl sites for hydroxylation is 1. The maximum atomic E-state index is 12.6. The molecule has 0 aliphatic heterocycles. The number of hydrogen-bond donors (Lipinski definition) is 4. The number of aliphatic hydroxyl groups is 4. The van der Waals surface area contributed by atoms with Crippen LogP contribution < -0.4 is 0 Å². The predicted molar refractivity (Wildman–Crippen MR) is 122 cm³/mol. The molecule has 0 radical (unpaired) electrons. The first kappa shape index (κ1) is 24.5. The van der Waals surface area contributed by atoms with Gasteiger partial charge in [0.2, 0.25) is 0 Å². The fourth-order valence-corrected chi connectivity index (χ4v) is 4.25. The van der Waals surface area contributed by atoms with Crippen molar-refractivity contribution in [3.63, 3.8) is 0 Å². The van der Waals surface area contributed by atoms with E-state index in [2.05, 4.69) is 53.7 Å². The van der Waals surface area contributed by atoms with Gasteiger partial charge in [0.25, 0.3) is 0 Å². The zero-order chi connectivity index (χ0) is 23.0. The highest BCUT2D eigenvalue weighted by molar-refractivity contribution is 5.54. The van der Waals surface area contributed by atoms with Crippen LogP contribution in [0.1, 0.15) is 69.4 Å². The zero-order valence-electron chi connectivity index (χ0n) is 19.5. The van der Waals surface area contributed by atoms with Crippen LogP contribution in [0.5, 0.6) is 0 Å². The summed E-state index contributed by atoms with van der Waals surface area (Å²) in [5.74, 6) is 0. The molecule has 0 saturated carbocycles. The lowest BCUT2D eigenvalue weighted by atomic mass is 9.60. The summed E-state index contributed by atoms with van der Waals surface area (Å²) < 4.78 is 0. The molecule has 1 atom stereocenters. The summed E-state index contributed by atoms with van der Waals surface area (Å²) in [5.41, 5.74) is 0.0728. The van der Waals surface area contributed by atoms with Gasteiger partial charge in [-0.05, 0) is 40.0 Å². The maximum Gasteiger partial charge on any atom is 0.127 e. The molecule has 0 bridgehead atoms. The van der Waals surface area contributed by atoms with Crippen LogP contribution in [-0.2, 0) is 16.4 Å². The van der Waals surface area contributed by atoms with Crippen molar-refractivity contribution in [3.8, 4) is 0 Å². The molecule has 2 aromatic carbocycles. The van der Waals surface area contributed by atoms with E-state index < -0.39 is 30.8 Å². The number of hydrogen-bond acceptors (Lipinski definition) is 4. The molecular weight excluding hydrogens is 376 g/mol. The van der Waals surface area contributed by atoms with E-state index in [0.29, 0.717) is 11.1 Å². The monoisotopic (exact) mass is 414 g/mol. The second-order valence-electron chi connectivity index (χ2n) is 10.6. The minimum Gasteiger partial charge on any atom is -0.395 e. The quantitative estimate of drug-likeness (QED) is 0.580. The Morgan fingerprint density at radius 1 is 0.700 bits per heavy atom. The third kappa shape index (κ3) is 4.06. The SMILES string of the molecule is Cc1cc(C(C)(C)C)c(C(O)(c2ccccc2)C(CO)(CO)CO)c(C(C)(C)C)c1. The van der Waals surface area contributed by atoms with Gasteiger partial charge in [-0.25, -0.2) is 0 Å². The summed E-state index contributed by atoms with van der Waals surface area (Å²) in [6, 6.07) is 13.2. The van der Waals surface area contributed by atoms with Gasteiger partial charge in [-0.2, -0.15) is 0 Å². The minimum atomic E-state index is -1.81. The zero-order valence-corrected chi connectivity index (χ0v) is 19.5. The van der Waals surface area contributed by atoms with E-state index in [0.717, 1.165) is 16.7 Å². The second kappa shape index (κ2) is 8.43. The normalized spacial score (nSPS) is 15.2. The topological polar surface area (TPSA) is 80.9 Å². The van der Waals surface area contributed by atoms with E-state index in [1.165, 1.54) is 0 Å². The highest BCUT2D eigenvalue weighted by atomic mass is 16.3. The van der Waals surface area contributed by atoms with Crippen LogP contribution >= 0.6 is 0 Å². The van der Waals surface area contributed by atoms with E-state index in [1.54, 1.807) is 12.1 Å². The molecule has 2 rings (SSSR count). The van der Waals surface area contributed by atoms with Crippen LogP contribution in [0, 0.1) is 12.3 Å². The first-order chi connectivity index (χ1) is 13.8. The van der Waals surface area contributed by atoms with Gasteiger partial charge in [-0.15, -0.1) is 0 Å². The van der Waals surface area contributed by atoms with Crippen LogP contribution in [0.3, 0.4) is 0 Å². The molecule has 2 aromatic rings. The molecule has 0 aromatic heterocycles. The van der Waals surface area contributed by atoms with Crippen molar-refractivity contribution < 1.29 is 20.4 Å². The molecule has 4 nitrogen and oxygen atoms in total. The Morgan fingerprint density at radius 3 is 1.43 bits per heavy atom. The summed E-state index contributed by atoms with van der Waals surface area (Å²) in [6.07, 6.45) is 0. The van der Waals surface area contributed by atoms with Crippen LogP contribution in [0.25, 0.3) is 0 Å². The van der Waals surface area contributed by atoms with Crippen molar-refractivity contribution in [1.29, 1.82) is 0 Å². The molecule has 0 aliphatic carbocycles. The summed E-state index contributed by atoms with van der Waals surface area (Å²) >= 11 is 0. The fourth-order valence-electron chi connectivity index (χ4n) is 4.25. The third-order valence-corrected chi connectivity index (χ3v) is 6.13. The molecule has 0 spiro atoms. The third-order valence-electron chi connectivity index (χ3n) is 6.13. The highest BCUT2D eigenvalue weighted by Gasteiger charge is 2.55. The number of benzene rings is 2. The van der Waals surface area contributed by atoms with Gasteiger partial charge in [0.15, 0.2) is 0 Å². The molecule has 166 valence electrons. The lowest BCUT2D eigenvalue weighted by Crippen LogP contribution is -2.55. The van der Waals surface area contributed by atoms with E-state index in [9.17, 15) is 20.4 Å². The Labute approximate surface area is 181 Å². The molecule has 0 saturated heterocycles. The number of aliphatic hydroxyl groups excluding tert-OH is 3. The Bertz CT molecular complexity index is 812. The molecule has 30 heavy (non-hydrogen) atoms. The van der Waals surface area contributed by atoms with Crippen LogP contribution in [0.15, 0.2) is 42.5 Å². The standard InChI is InChI=1S/C26H38O4/c1-18-13-20(23(2,3)4)22(21(14-18)24(5,6)7)26(30,19-11-9-8-10-12-19)25(15-27,16-28)17-29/h8-14,27-30H,15-17H2,1-7H3. The van der Waals surface area contributed by atoms with E-state index in [4.69, 9.17) is 0 Å².